The van der Waals surface area contributed by atoms with Gasteiger partial charge in [0, 0.05) is 9.52 Å². The summed E-state index contributed by atoms with van der Waals surface area (Å²) < 4.78 is 0. The van der Waals surface area contributed by atoms with Crippen LogP contribution < -0.4 is 0 Å². The van der Waals surface area contributed by atoms with Crippen LogP contribution in [0.2, 0.25) is 13.1 Å². The van der Waals surface area contributed by atoms with Gasteiger partial charge in [-0.15, -0.1) is 69.1 Å². The Morgan fingerprint density at radius 2 is 0.875 bits per heavy atom. The molecule has 48 heavy (non-hydrogen) atoms. The van der Waals surface area contributed by atoms with E-state index in [-0.39, 0.29) is 26.2 Å². The predicted molar refractivity (Wildman–Crippen MR) is 213 cm³/mol. The molecule has 2 heteroatoms. The van der Waals surface area contributed by atoms with Crippen LogP contribution in [0.15, 0.2) is 109 Å². The van der Waals surface area contributed by atoms with E-state index >= 15 is 0 Å². The second-order valence-electron chi connectivity index (χ2n) is 13.2. The van der Waals surface area contributed by atoms with Gasteiger partial charge >= 0.3 is 26.2 Å². The normalized spacial score (nSPS) is 10.6. The Morgan fingerprint density at radius 1 is 0.500 bits per heavy atom. The second-order valence-corrected chi connectivity index (χ2v) is 14.2. The van der Waals surface area contributed by atoms with E-state index < -0.39 is 0 Å². The molecule has 0 aromatic heterocycles. The average Bonchev–Trinajstić information content (AvgIpc) is 3.70. The molecule has 0 aliphatic heterocycles. The summed E-state index contributed by atoms with van der Waals surface area (Å²) in [4.78, 5) is 0. The van der Waals surface area contributed by atoms with E-state index in [2.05, 4.69) is 150 Å². The summed E-state index contributed by atoms with van der Waals surface area (Å²) in [6, 6.07) is 40.6. The van der Waals surface area contributed by atoms with Crippen LogP contribution >= 0.6 is 0 Å². The van der Waals surface area contributed by atoms with E-state index in [4.69, 9.17) is 0 Å². The maximum atomic E-state index is 2.40. The van der Waals surface area contributed by atoms with Gasteiger partial charge in [-0.3, -0.25) is 0 Å². The number of hydrogen-bond acceptors (Lipinski definition) is 0. The number of aryl methyl sites for hydroxylation is 4. The fraction of sp³-hybridized carbons (Fsp3) is 0.348. The molecule has 0 unspecified atom stereocenters. The first kappa shape index (κ1) is 39.6. The summed E-state index contributed by atoms with van der Waals surface area (Å²) in [6.07, 6.45) is 13.1. The summed E-state index contributed by atoms with van der Waals surface area (Å²) >= 11 is 0. The van der Waals surface area contributed by atoms with Crippen LogP contribution in [0.25, 0.3) is 43.8 Å². The monoisotopic (exact) mass is 726 g/mol. The van der Waals surface area contributed by atoms with Gasteiger partial charge in [-0.05, 0) is 37.8 Å². The van der Waals surface area contributed by atoms with Crippen LogP contribution in [0.5, 0.6) is 0 Å². The van der Waals surface area contributed by atoms with Crippen molar-refractivity contribution in [2.75, 3.05) is 0 Å². The fourth-order valence-electron chi connectivity index (χ4n) is 6.36. The van der Waals surface area contributed by atoms with Crippen LogP contribution in [-0.4, -0.2) is 9.52 Å². The molecule has 0 bridgehead atoms. The number of rotatable bonds is 12. The molecule has 0 saturated heterocycles. The smallest absolute Gasteiger partial charge is 0.164 e. The van der Waals surface area contributed by atoms with Crippen molar-refractivity contribution >= 4 is 31.1 Å². The average molecular weight is 728 g/mol. The summed E-state index contributed by atoms with van der Waals surface area (Å²) in [5.74, 6) is 0. The minimum absolute atomic E-state index is 0. The maximum Gasteiger partial charge on any atom is 2.00 e. The Kier molecular flexibility index (Phi) is 17.6. The molecule has 0 aliphatic rings. The van der Waals surface area contributed by atoms with E-state index in [1.165, 1.54) is 130 Å². The van der Waals surface area contributed by atoms with Crippen LogP contribution in [0.1, 0.15) is 87.5 Å². The quantitative estimate of drug-likeness (QED) is 0.0669. The Bertz CT molecular complexity index is 1620. The van der Waals surface area contributed by atoms with Crippen molar-refractivity contribution in [3.8, 4) is 22.3 Å². The summed E-state index contributed by atoms with van der Waals surface area (Å²) in [7, 11) is 1.08. The largest absolute Gasteiger partial charge is 2.00 e. The Morgan fingerprint density at radius 3 is 1.23 bits per heavy atom. The van der Waals surface area contributed by atoms with Gasteiger partial charge < -0.3 is 0 Å². The SMILES string of the molecule is CCCCCCc1cc2c(-c3ccc(C)cc3)cccc2[cH-]1.CCCCCCc1cc2c(-c3ccc(C)cc3)cccc2[cH-]1.C[Si]C.[Zr+2]. The Hall–Kier alpha value is -2.80. The van der Waals surface area contributed by atoms with Crippen molar-refractivity contribution in [3.05, 3.63) is 131 Å². The summed E-state index contributed by atoms with van der Waals surface area (Å²) in [5, 5.41) is 5.56. The van der Waals surface area contributed by atoms with E-state index in [0.29, 0.717) is 0 Å². The molecule has 0 heterocycles. The van der Waals surface area contributed by atoms with Gasteiger partial charge in [0.25, 0.3) is 0 Å². The van der Waals surface area contributed by atoms with Crippen molar-refractivity contribution in [2.24, 2.45) is 0 Å². The van der Waals surface area contributed by atoms with Gasteiger partial charge in [0.2, 0.25) is 0 Å². The first-order chi connectivity index (χ1) is 23.0. The molecule has 6 aromatic carbocycles. The van der Waals surface area contributed by atoms with Gasteiger partial charge in [-0.25, -0.2) is 0 Å². The topological polar surface area (TPSA) is 0 Å². The Labute approximate surface area is 314 Å². The molecule has 6 aromatic rings. The molecule has 0 amide bonds. The maximum absolute atomic E-state index is 2.40. The minimum Gasteiger partial charge on any atom is -0.164 e. The van der Waals surface area contributed by atoms with Gasteiger partial charge in [0.05, 0.1) is 0 Å². The molecule has 0 nitrogen and oxygen atoms in total. The van der Waals surface area contributed by atoms with Crippen molar-refractivity contribution in [1.29, 1.82) is 0 Å². The van der Waals surface area contributed by atoms with Crippen molar-refractivity contribution in [2.45, 2.75) is 105 Å². The summed E-state index contributed by atoms with van der Waals surface area (Å²) in [6.45, 7) is 13.1. The third-order valence-electron chi connectivity index (χ3n) is 8.98. The van der Waals surface area contributed by atoms with Gasteiger partial charge in [0.1, 0.15) is 0 Å². The van der Waals surface area contributed by atoms with Crippen LogP contribution in [0.4, 0.5) is 0 Å². The second kappa shape index (κ2) is 21.3. The standard InChI is InChI=1S/2C22H25.C2H6Si.Zr/c2*1-3-4-5-6-8-18-15-20-9-7-10-21(22(20)16-18)19-13-11-17(2)12-14-19;1-3-2;/h2*7,9-16H,3-6,8H2,1-2H3;1-2H3;/q2*-1;;+2. The van der Waals surface area contributed by atoms with Crippen molar-refractivity contribution < 1.29 is 26.2 Å². The number of unbranched alkanes of at least 4 members (excludes halogenated alkanes) is 6. The molecular weight excluding hydrogens is 672 g/mol. The van der Waals surface area contributed by atoms with E-state index in [9.17, 15) is 0 Å². The third-order valence-corrected chi connectivity index (χ3v) is 8.98. The zero-order valence-corrected chi connectivity index (χ0v) is 33.9. The van der Waals surface area contributed by atoms with Crippen LogP contribution in [0, 0.1) is 13.8 Å². The number of benzene rings is 4. The van der Waals surface area contributed by atoms with Crippen molar-refractivity contribution in [3.63, 3.8) is 0 Å². The zero-order chi connectivity index (χ0) is 33.4. The molecular formula is C46H56SiZr. The molecule has 0 N–H and O–H groups in total. The van der Waals surface area contributed by atoms with Crippen LogP contribution in [0.3, 0.4) is 0 Å². The van der Waals surface area contributed by atoms with Gasteiger partial charge in [-0.2, -0.15) is 12.1 Å². The predicted octanol–water partition coefficient (Wildman–Crippen LogP) is 14.1. The first-order valence-electron chi connectivity index (χ1n) is 18.1. The number of fused-ring (bicyclic) bond motifs is 2. The fourth-order valence-corrected chi connectivity index (χ4v) is 6.36. The van der Waals surface area contributed by atoms with Gasteiger partial charge in [0.15, 0.2) is 0 Å². The molecule has 0 atom stereocenters. The minimum atomic E-state index is 0. The zero-order valence-electron chi connectivity index (χ0n) is 30.5. The van der Waals surface area contributed by atoms with E-state index in [1.807, 2.05) is 0 Å². The molecule has 6 rings (SSSR count). The molecule has 248 valence electrons. The molecule has 2 radical (unpaired) electrons. The molecule has 0 saturated carbocycles. The first-order valence-corrected chi connectivity index (χ1v) is 20.1. The van der Waals surface area contributed by atoms with Gasteiger partial charge in [-0.1, -0.05) is 161 Å². The third kappa shape index (κ3) is 11.7. The molecule has 0 aliphatic carbocycles. The number of hydrogen-bond donors (Lipinski definition) is 0. The summed E-state index contributed by atoms with van der Waals surface area (Å²) in [5.41, 5.74) is 11.0. The van der Waals surface area contributed by atoms with Crippen LogP contribution in [-0.2, 0) is 39.0 Å². The Balaban J connectivity index is 0.000000236. The molecule has 0 spiro atoms. The molecule has 0 fully saturated rings. The van der Waals surface area contributed by atoms with E-state index in [0.717, 1.165) is 9.52 Å². The van der Waals surface area contributed by atoms with Crippen molar-refractivity contribution in [1.82, 2.24) is 0 Å². The van der Waals surface area contributed by atoms with E-state index in [1.54, 1.807) is 0 Å².